The fourth-order valence-electron chi connectivity index (χ4n) is 4.02. The molecule has 0 aromatic heterocycles. The molecule has 1 heterocycles. The molecule has 2 aliphatic rings. The Morgan fingerprint density at radius 2 is 2.04 bits per heavy atom. The van der Waals surface area contributed by atoms with Crippen LogP contribution in [0.15, 0.2) is 17.1 Å². The monoisotopic (exact) mass is 358 g/mol. The summed E-state index contributed by atoms with van der Waals surface area (Å²) in [5.74, 6) is 0.499. The molecule has 0 spiro atoms. The molecule has 1 saturated carbocycles. The van der Waals surface area contributed by atoms with E-state index < -0.39 is 5.60 Å². The number of β-amino-alcohol motifs (C(OH)–C–C–N with tert-alkyl or cyclic N) is 1. The number of amides is 1. The summed E-state index contributed by atoms with van der Waals surface area (Å²) in [5.41, 5.74) is 2.20. The molecular weight excluding hydrogens is 328 g/mol. The Morgan fingerprint density at radius 3 is 2.62 bits per heavy atom. The molecule has 142 valence electrons. The standard InChI is InChI=1S/C20H30N4O2/c1-20(26)12-24(13-20)18-10-17(22-3)16(21-2)9-15(18)19(25)23-11-14-7-5-4-6-8-14/h9-10,14,22,26H,2,4-8,11-13H2,1,3H3,(H,23,25). The molecule has 2 fully saturated rings. The predicted octanol–water partition coefficient (Wildman–Crippen LogP) is 2.94. The summed E-state index contributed by atoms with van der Waals surface area (Å²) in [6.07, 6.45) is 6.22. The fraction of sp³-hybridized carbons (Fsp3) is 0.600. The van der Waals surface area contributed by atoms with Crippen molar-refractivity contribution in [2.45, 2.75) is 44.6 Å². The number of carbonyl (C=O) groups is 1. The van der Waals surface area contributed by atoms with Crippen molar-refractivity contribution in [1.29, 1.82) is 0 Å². The highest BCUT2D eigenvalue weighted by Crippen LogP contribution is 2.37. The van der Waals surface area contributed by atoms with Crippen molar-refractivity contribution in [3.8, 4) is 0 Å². The van der Waals surface area contributed by atoms with Crippen LogP contribution in [0.3, 0.4) is 0 Å². The number of nitrogens with one attached hydrogen (secondary N) is 2. The highest BCUT2D eigenvalue weighted by atomic mass is 16.3. The van der Waals surface area contributed by atoms with E-state index >= 15 is 0 Å². The molecule has 6 nitrogen and oxygen atoms in total. The van der Waals surface area contributed by atoms with Gasteiger partial charge in [-0.15, -0.1) is 0 Å². The van der Waals surface area contributed by atoms with Crippen LogP contribution in [0, 0.1) is 5.92 Å². The molecule has 1 amide bonds. The van der Waals surface area contributed by atoms with Crippen LogP contribution < -0.4 is 15.5 Å². The molecular formula is C20H30N4O2. The van der Waals surface area contributed by atoms with Gasteiger partial charge >= 0.3 is 0 Å². The molecule has 1 aromatic rings. The smallest absolute Gasteiger partial charge is 0.253 e. The van der Waals surface area contributed by atoms with Crippen LogP contribution in [0.1, 0.15) is 49.4 Å². The first-order valence-corrected chi connectivity index (χ1v) is 9.51. The second-order valence-electron chi connectivity index (χ2n) is 7.86. The Hall–Kier alpha value is -2.08. The van der Waals surface area contributed by atoms with Crippen LogP contribution in [-0.4, -0.2) is 50.0 Å². The summed E-state index contributed by atoms with van der Waals surface area (Å²) >= 11 is 0. The number of aliphatic imine (C=N–C) groups is 1. The van der Waals surface area contributed by atoms with Gasteiger partial charge < -0.3 is 20.6 Å². The summed E-state index contributed by atoms with van der Waals surface area (Å²) in [5, 5.41) is 16.3. The molecule has 1 saturated heterocycles. The second-order valence-corrected chi connectivity index (χ2v) is 7.86. The lowest BCUT2D eigenvalue weighted by atomic mass is 9.89. The van der Waals surface area contributed by atoms with E-state index in [0.29, 0.717) is 30.3 Å². The zero-order valence-corrected chi connectivity index (χ0v) is 15.8. The normalized spacial score (nSPS) is 19.6. The number of carbonyl (C=O) groups excluding carboxylic acids is 1. The molecule has 3 N–H and O–H groups in total. The predicted molar refractivity (Wildman–Crippen MR) is 107 cm³/mol. The maximum absolute atomic E-state index is 12.9. The number of anilines is 2. The highest BCUT2D eigenvalue weighted by molar-refractivity contribution is 6.02. The number of rotatable bonds is 6. The Bertz CT molecular complexity index is 673. The molecule has 3 rings (SSSR count). The van der Waals surface area contributed by atoms with Crippen LogP contribution in [0.4, 0.5) is 17.1 Å². The lowest BCUT2D eigenvalue weighted by Crippen LogP contribution is -2.60. The molecule has 26 heavy (non-hydrogen) atoms. The SMILES string of the molecule is C=Nc1cc(C(=O)NCC2CCCCC2)c(N2CC(C)(O)C2)cc1NC. The van der Waals surface area contributed by atoms with Gasteiger partial charge in [0, 0.05) is 26.7 Å². The van der Waals surface area contributed by atoms with Crippen molar-refractivity contribution < 1.29 is 9.90 Å². The van der Waals surface area contributed by atoms with Gasteiger partial charge in [-0.25, -0.2) is 0 Å². The summed E-state index contributed by atoms with van der Waals surface area (Å²) < 4.78 is 0. The van der Waals surface area contributed by atoms with Gasteiger partial charge in [0.2, 0.25) is 0 Å². The summed E-state index contributed by atoms with van der Waals surface area (Å²) in [7, 11) is 1.82. The first-order chi connectivity index (χ1) is 12.4. The number of hydrogen-bond donors (Lipinski definition) is 3. The minimum absolute atomic E-state index is 0.0790. The van der Waals surface area contributed by atoms with E-state index in [2.05, 4.69) is 22.3 Å². The van der Waals surface area contributed by atoms with Crippen molar-refractivity contribution in [1.82, 2.24) is 5.32 Å². The van der Waals surface area contributed by atoms with Crippen molar-refractivity contribution in [2.75, 3.05) is 36.9 Å². The first kappa shape index (κ1) is 18.7. The van der Waals surface area contributed by atoms with Gasteiger partial charge in [-0.2, -0.15) is 0 Å². The summed E-state index contributed by atoms with van der Waals surface area (Å²) in [6, 6.07) is 3.71. The third-order valence-corrected chi connectivity index (χ3v) is 5.48. The molecule has 0 unspecified atom stereocenters. The van der Waals surface area contributed by atoms with Gasteiger partial charge in [-0.3, -0.25) is 9.79 Å². The third-order valence-electron chi connectivity index (χ3n) is 5.48. The van der Waals surface area contributed by atoms with Crippen molar-refractivity contribution in [3.05, 3.63) is 17.7 Å². The zero-order valence-electron chi connectivity index (χ0n) is 15.8. The number of aliphatic hydroxyl groups is 1. The summed E-state index contributed by atoms with van der Waals surface area (Å²) in [4.78, 5) is 19.0. The molecule has 1 aliphatic heterocycles. The number of nitrogens with zero attached hydrogens (tertiary/aromatic N) is 2. The van der Waals surface area contributed by atoms with Crippen LogP contribution in [0.25, 0.3) is 0 Å². The van der Waals surface area contributed by atoms with E-state index in [1.165, 1.54) is 32.1 Å². The second kappa shape index (κ2) is 7.66. The Labute approximate surface area is 155 Å². The van der Waals surface area contributed by atoms with Gasteiger partial charge in [0.05, 0.1) is 28.2 Å². The maximum Gasteiger partial charge on any atom is 0.253 e. The molecule has 1 aromatic carbocycles. The Kier molecular flexibility index (Phi) is 5.51. The van der Waals surface area contributed by atoms with Crippen LogP contribution in [-0.2, 0) is 0 Å². The lowest BCUT2D eigenvalue weighted by molar-refractivity contribution is 0.0308. The largest absolute Gasteiger partial charge is 0.386 e. The van der Waals surface area contributed by atoms with E-state index in [4.69, 9.17) is 0 Å². The van der Waals surface area contributed by atoms with Crippen molar-refractivity contribution >= 4 is 29.7 Å². The topological polar surface area (TPSA) is 77.0 Å². The molecule has 0 radical (unpaired) electrons. The van der Waals surface area contributed by atoms with Gasteiger partial charge in [-0.1, -0.05) is 19.3 Å². The van der Waals surface area contributed by atoms with E-state index in [1.807, 2.05) is 24.9 Å². The number of benzene rings is 1. The first-order valence-electron chi connectivity index (χ1n) is 9.51. The van der Waals surface area contributed by atoms with Gasteiger partial charge in [-0.05, 0) is 44.5 Å². The molecule has 6 heteroatoms. The molecule has 1 aliphatic carbocycles. The Morgan fingerprint density at radius 1 is 1.35 bits per heavy atom. The fourth-order valence-corrected chi connectivity index (χ4v) is 4.02. The van der Waals surface area contributed by atoms with Gasteiger partial charge in [0.15, 0.2) is 0 Å². The van der Waals surface area contributed by atoms with E-state index in [0.717, 1.165) is 17.9 Å². The number of hydrogen-bond acceptors (Lipinski definition) is 5. The average molecular weight is 358 g/mol. The van der Waals surface area contributed by atoms with E-state index in [-0.39, 0.29) is 5.91 Å². The van der Waals surface area contributed by atoms with Gasteiger partial charge in [0.1, 0.15) is 0 Å². The maximum atomic E-state index is 12.9. The quantitative estimate of drug-likeness (QED) is 0.683. The lowest BCUT2D eigenvalue weighted by Gasteiger charge is -2.46. The highest BCUT2D eigenvalue weighted by Gasteiger charge is 2.38. The van der Waals surface area contributed by atoms with Gasteiger partial charge in [0.25, 0.3) is 5.91 Å². The van der Waals surface area contributed by atoms with Crippen LogP contribution in [0.2, 0.25) is 0 Å². The molecule has 0 bridgehead atoms. The summed E-state index contributed by atoms with van der Waals surface area (Å²) in [6.45, 7) is 7.18. The Balaban J connectivity index is 1.80. The van der Waals surface area contributed by atoms with E-state index in [9.17, 15) is 9.90 Å². The zero-order chi connectivity index (χ0) is 18.7. The van der Waals surface area contributed by atoms with Crippen molar-refractivity contribution in [3.63, 3.8) is 0 Å². The molecule has 0 atom stereocenters. The third kappa shape index (κ3) is 4.01. The van der Waals surface area contributed by atoms with Crippen LogP contribution in [0.5, 0.6) is 0 Å². The minimum atomic E-state index is -0.703. The van der Waals surface area contributed by atoms with Crippen LogP contribution >= 0.6 is 0 Å². The van der Waals surface area contributed by atoms with E-state index in [1.54, 1.807) is 6.07 Å². The minimum Gasteiger partial charge on any atom is -0.386 e. The van der Waals surface area contributed by atoms with Crippen molar-refractivity contribution in [2.24, 2.45) is 10.9 Å². The average Bonchev–Trinajstić information content (AvgIpc) is 2.63.